The summed E-state index contributed by atoms with van der Waals surface area (Å²) in [5, 5.41) is 18.7. The number of halogens is 2. The van der Waals surface area contributed by atoms with Gasteiger partial charge in [-0.3, -0.25) is 4.79 Å². The van der Waals surface area contributed by atoms with E-state index in [1.807, 2.05) is 18.2 Å². The summed E-state index contributed by atoms with van der Waals surface area (Å²) >= 11 is 5.43. The van der Waals surface area contributed by atoms with Crippen LogP contribution in [-0.4, -0.2) is 12.1 Å². The molecule has 0 aliphatic heterocycles. The first kappa shape index (κ1) is 16.3. The summed E-state index contributed by atoms with van der Waals surface area (Å²) in [6.45, 7) is 0. The second kappa shape index (κ2) is 6.38. The molecule has 1 aromatic carbocycles. The number of nitriles is 2. The van der Waals surface area contributed by atoms with Crippen molar-refractivity contribution < 1.29 is 4.74 Å². The van der Waals surface area contributed by atoms with E-state index in [0.29, 0.717) is 11.3 Å². The number of H-pyrrole nitrogens is 1. The van der Waals surface area contributed by atoms with Gasteiger partial charge in [-0.2, -0.15) is 10.5 Å². The van der Waals surface area contributed by atoms with Crippen molar-refractivity contribution in [2.75, 3.05) is 12.8 Å². The third-order valence-corrected chi connectivity index (χ3v) is 4.21. The van der Waals surface area contributed by atoms with Gasteiger partial charge in [-0.25, -0.2) is 0 Å². The number of nitrogen functional groups attached to an aromatic ring is 1. The molecule has 3 N–H and O–H groups in total. The fourth-order valence-corrected chi connectivity index (χ4v) is 3.80. The van der Waals surface area contributed by atoms with E-state index in [2.05, 4.69) is 43.5 Å². The van der Waals surface area contributed by atoms with E-state index in [9.17, 15) is 15.3 Å². The van der Waals surface area contributed by atoms with E-state index in [1.165, 1.54) is 7.11 Å². The molecule has 0 aliphatic rings. The zero-order chi connectivity index (χ0) is 16.4. The number of benzene rings is 1. The number of hydrogen-bond acceptors (Lipinski definition) is 5. The van der Waals surface area contributed by atoms with Gasteiger partial charge in [-0.1, -0.05) is 15.9 Å². The smallest absolute Gasteiger partial charge is 0.268 e. The fourth-order valence-electron chi connectivity index (χ4n) is 2.07. The number of methoxy groups -OCH3 is 1. The lowest BCUT2D eigenvalue weighted by Crippen LogP contribution is -2.16. The first-order chi connectivity index (χ1) is 10.4. The molecule has 2 rings (SSSR count). The molecule has 1 aromatic heterocycles. The molecule has 110 valence electrons. The molecule has 0 amide bonds. The molecule has 0 saturated heterocycles. The van der Waals surface area contributed by atoms with Gasteiger partial charge in [-0.15, -0.1) is 0 Å². The topological polar surface area (TPSA) is 116 Å². The van der Waals surface area contributed by atoms with Crippen LogP contribution in [0, 0.1) is 26.2 Å². The Morgan fingerprint density at radius 3 is 2.50 bits per heavy atom. The molecule has 0 atom stereocenters. The minimum absolute atomic E-state index is 0.0309. The summed E-state index contributed by atoms with van der Waals surface area (Å²) in [7, 11) is 1.48. The minimum Gasteiger partial charge on any atom is -0.495 e. The van der Waals surface area contributed by atoms with E-state index in [0.717, 1.165) is 8.04 Å². The zero-order valence-electron chi connectivity index (χ0n) is 11.2. The first-order valence-corrected chi connectivity index (χ1v) is 7.71. The van der Waals surface area contributed by atoms with Crippen LogP contribution in [0.15, 0.2) is 21.4 Å². The van der Waals surface area contributed by atoms with Crippen LogP contribution in [0.5, 0.6) is 5.75 Å². The highest BCUT2D eigenvalue weighted by Crippen LogP contribution is 2.39. The van der Waals surface area contributed by atoms with Crippen molar-refractivity contribution >= 4 is 44.3 Å². The molecule has 8 heteroatoms. The molecule has 0 aliphatic carbocycles. The van der Waals surface area contributed by atoms with Gasteiger partial charge in [0.1, 0.15) is 34.8 Å². The van der Waals surface area contributed by atoms with Crippen molar-refractivity contribution in [3.63, 3.8) is 0 Å². The minimum atomic E-state index is -0.647. The predicted octanol–water partition coefficient (Wildman–Crippen LogP) is 2.74. The Labute approximate surface area is 147 Å². The number of nitrogens with zero attached hydrogens (tertiary/aromatic N) is 2. The molecule has 0 radical (unpaired) electrons. The van der Waals surface area contributed by atoms with Crippen LogP contribution in [0.3, 0.4) is 0 Å². The van der Waals surface area contributed by atoms with Crippen LogP contribution < -0.4 is 16.0 Å². The second-order valence-corrected chi connectivity index (χ2v) is 6.26. The van der Waals surface area contributed by atoms with Gasteiger partial charge < -0.3 is 15.5 Å². The van der Waals surface area contributed by atoms with Gasteiger partial charge in [-0.05, 0) is 34.7 Å². The van der Waals surface area contributed by atoms with Gasteiger partial charge in [0, 0.05) is 15.6 Å². The molecule has 0 unspecified atom stereocenters. The van der Waals surface area contributed by atoms with Crippen molar-refractivity contribution in [2.24, 2.45) is 0 Å². The highest BCUT2D eigenvalue weighted by molar-refractivity contribution is 14.1. The molecule has 0 saturated carbocycles. The summed E-state index contributed by atoms with van der Waals surface area (Å²) in [5.74, 6) is 0.375. The standard InChI is InChI=1S/C14H8BrIN4O2/c1-22-12-7(2-6(15)3-10(12)16)11-8(4-17)13(19)20-14(21)9(11)5-18/h2-3H,1H3,(H3,19,20,21). The average molecular weight is 471 g/mol. The molecule has 1 heterocycles. The lowest BCUT2D eigenvalue weighted by atomic mass is 9.96. The Balaban J connectivity index is 3.05. The van der Waals surface area contributed by atoms with Crippen molar-refractivity contribution in [1.82, 2.24) is 4.98 Å². The van der Waals surface area contributed by atoms with Crippen molar-refractivity contribution in [2.45, 2.75) is 0 Å². The maximum absolute atomic E-state index is 12.0. The van der Waals surface area contributed by atoms with Crippen LogP contribution >= 0.6 is 38.5 Å². The Kier molecular flexibility index (Phi) is 4.74. The maximum Gasteiger partial charge on any atom is 0.268 e. The normalized spacial score (nSPS) is 9.86. The molecular formula is C14H8BrIN4O2. The average Bonchev–Trinajstić information content (AvgIpc) is 2.45. The third-order valence-electron chi connectivity index (χ3n) is 2.95. The number of aromatic amines is 1. The molecule has 2 aromatic rings. The summed E-state index contributed by atoms with van der Waals surface area (Å²) in [4.78, 5) is 14.3. The van der Waals surface area contributed by atoms with E-state index < -0.39 is 5.56 Å². The molecular weight excluding hydrogens is 463 g/mol. The van der Waals surface area contributed by atoms with Crippen LogP contribution in [0.2, 0.25) is 0 Å². The third kappa shape index (κ3) is 2.67. The lowest BCUT2D eigenvalue weighted by molar-refractivity contribution is 0.413. The van der Waals surface area contributed by atoms with Gasteiger partial charge in [0.05, 0.1) is 10.7 Å². The van der Waals surface area contributed by atoms with Gasteiger partial charge >= 0.3 is 0 Å². The fraction of sp³-hybridized carbons (Fsp3) is 0.0714. The number of aromatic nitrogens is 1. The number of nitrogens with one attached hydrogen (secondary N) is 1. The Morgan fingerprint density at radius 1 is 1.32 bits per heavy atom. The van der Waals surface area contributed by atoms with Gasteiger partial charge in [0.25, 0.3) is 5.56 Å². The predicted molar refractivity (Wildman–Crippen MR) is 93.3 cm³/mol. The largest absolute Gasteiger partial charge is 0.495 e. The van der Waals surface area contributed by atoms with E-state index in [-0.39, 0.29) is 22.5 Å². The summed E-state index contributed by atoms with van der Waals surface area (Å²) in [6, 6.07) is 7.26. The van der Waals surface area contributed by atoms with Crippen molar-refractivity contribution in [3.05, 3.63) is 41.7 Å². The number of ether oxygens (including phenoxy) is 1. The van der Waals surface area contributed by atoms with Crippen molar-refractivity contribution in [1.29, 1.82) is 10.5 Å². The monoisotopic (exact) mass is 470 g/mol. The lowest BCUT2D eigenvalue weighted by Gasteiger charge is -2.14. The van der Waals surface area contributed by atoms with Crippen LogP contribution in [0.4, 0.5) is 5.82 Å². The second-order valence-electron chi connectivity index (χ2n) is 4.18. The first-order valence-electron chi connectivity index (χ1n) is 5.84. The SMILES string of the molecule is COc1c(I)cc(Br)cc1-c1c(C#N)c(N)[nH]c(=O)c1C#N. The van der Waals surface area contributed by atoms with E-state index in [4.69, 9.17) is 10.5 Å². The molecule has 22 heavy (non-hydrogen) atoms. The summed E-state index contributed by atoms with van der Waals surface area (Å²) in [6.07, 6.45) is 0. The number of pyridine rings is 1. The van der Waals surface area contributed by atoms with Crippen molar-refractivity contribution in [3.8, 4) is 29.0 Å². The Morgan fingerprint density at radius 2 is 1.95 bits per heavy atom. The summed E-state index contributed by atoms with van der Waals surface area (Å²) < 4.78 is 6.85. The molecule has 0 fully saturated rings. The highest BCUT2D eigenvalue weighted by atomic mass is 127. The van der Waals surface area contributed by atoms with Crippen LogP contribution in [0.1, 0.15) is 11.1 Å². The zero-order valence-corrected chi connectivity index (χ0v) is 14.9. The molecule has 0 bridgehead atoms. The summed E-state index contributed by atoms with van der Waals surface area (Å²) in [5.41, 5.74) is 5.54. The molecule has 6 nitrogen and oxygen atoms in total. The number of nitrogens with two attached hydrogens (primary N) is 1. The van der Waals surface area contributed by atoms with Crippen LogP contribution in [-0.2, 0) is 0 Å². The Hall–Kier alpha value is -2.04. The number of hydrogen-bond donors (Lipinski definition) is 2. The van der Waals surface area contributed by atoms with E-state index in [1.54, 1.807) is 6.07 Å². The van der Waals surface area contributed by atoms with E-state index >= 15 is 0 Å². The maximum atomic E-state index is 12.0. The van der Waals surface area contributed by atoms with Crippen LogP contribution in [0.25, 0.3) is 11.1 Å². The number of anilines is 1. The van der Waals surface area contributed by atoms with Gasteiger partial charge in [0.2, 0.25) is 0 Å². The Bertz CT molecular complexity index is 909. The highest BCUT2D eigenvalue weighted by Gasteiger charge is 2.22. The molecule has 0 spiro atoms. The quantitative estimate of drug-likeness (QED) is 0.654. The van der Waals surface area contributed by atoms with Gasteiger partial charge in [0.15, 0.2) is 0 Å². The number of rotatable bonds is 2.